The number of halogens is 2. The normalized spacial score (nSPS) is 13.2. The van der Waals surface area contributed by atoms with Crippen LogP contribution in [0.2, 0.25) is 0 Å². The number of rotatable bonds is 5. The summed E-state index contributed by atoms with van der Waals surface area (Å²) >= 11 is 3.29. The van der Waals surface area contributed by atoms with E-state index in [4.69, 9.17) is 0 Å². The monoisotopic (exact) mass is 349 g/mol. The molecule has 0 saturated carbocycles. The minimum Gasteiger partial charge on any atom is -0.309 e. The van der Waals surface area contributed by atoms with Crippen molar-refractivity contribution in [2.75, 3.05) is 6.54 Å². The van der Waals surface area contributed by atoms with Crippen molar-refractivity contribution in [1.82, 2.24) is 5.32 Å². The molecular weight excluding hydrogens is 329 g/mol. The van der Waals surface area contributed by atoms with Crippen molar-refractivity contribution in [3.8, 4) is 0 Å². The van der Waals surface area contributed by atoms with E-state index in [1.807, 2.05) is 25.1 Å². The molecule has 0 heterocycles. The van der Waals surface area contributed by atoms with Crippen LogP contribution in [-0.4, -0.2) is 6.54 Å². The maximum Gasteiger partial charge on any atom is 0.129 e. The molecule has 1 unspecified atom stereocenters. The first-order valence-corrected chi connectivity index (χ1v) is 7.93. The lowest BCUT2D eigenvalue weighted by Gasteiger charge is -2.28. The van der Waals surface area contributed by atoms with Gasteiger partial charge in [-0.25, -0.2) is 4.39 Å². The average Bonchev–Trinajstić information content (AvgIpc) is 2.46. The summed E-state index contributed by atoms with van der Waals surface area (Å²) in [4.78, 5) is 0. The van der Waals surface area contributed by atoms with Crippen molar-refractivity contribution in [3.63, 3.8) is 0 Å². The van der Waals surface area contributed by atoms with E-state index in [9.17, 15) is 4.39 Å². The second kappa shape index (κ2) is 6.71. The minimum atomic E-state index is -0.179. The number of hydrogen-bond acceptors (Lipinski definition) is 1. The fourth-order valence-electron chi connectivity index (χ4n) is 2.36. The summed E-state index contributed by atoms with van der Waals surface area (Å²) in [5, 5.41) is 3.44. The van der Waals surface area contributed by atoms with Gasteiger partial charge in [-0.05, 0) is 24.6 Å². The van der Waals surface area contributed by atoms with Gasteiger partial charge in [-0.2, -0.15) is 0 Å². The third-order valence-electron chi connectivity index (χ3n) is 3.83. The van der Waals surface area contributed by atoms with Crippen LogP contribution in [0.15, 0.2) is 53.0 Å². The fourth-order valence-corrected chi connectivity index (χ4v) is 2.70. The quantitative estimate of drug-likeness (QED) is 0.780. The van der Waals surface area contributed by atoms with Crippen LogP contribution in [0, 0.1) is 5.82 Å². The second-order valence-corrected chi connectivity index (χ2v) is 6.93. The molecule has 0 aliphatic rings. The van der Waals surface area contributed by atoms with Gasteiger partial charge in [0, 0.05) is 28.0 Å². The molecule has 112 valence electrons. The summed E-state index contributed by atoms with van der Waals surface area (Å²) in [6.07, 6.45) is 0. The molecule has 0 aliphatic carbocycles. The molecule has 2 aromatic rings. The van der Waals surface area contributed by atoms with Gasteiger partial charge in [0.1, 0.15) is 5.82 Å². The van der Waals surface area contributed by atoms with E-state index in [-0.39, 0.29) is 17.3 Å². The van der Waals surface area contributed by atoms with Crippen LogP contribution in [0.1, 0.15) is 37.9 Å². The Morgan fingerprint density at radius 2 is 1.81 bits per heavy atom. The van der Waals surface area contributed by atoms with Crippen molar-refractivity contribution in [2.24, 2.45) is 0 Å². The van der Waals surface area contributed by atoms with Crippen LogP contribution in [-0.2, 0) is 5.41 Å². The molecule has 0 amide bonds. The molecule has 2 rings (SSSR count). The number of hydrogen-bond donors (Lipinski definition) is 1. The van der Waals surface area contributed by atoms with Crippen LogP contribution >= 0.6 is 15.9 Å². The molecule has 21 heavy (non-hydrogen) atoms. The van der Waals surface area contributed by atoms with Gasteiger partial charge in [-0.3, -0.25) is 0 Å². The molecule has 1 N–H and O–H groups in total. The van der Waals surface area contributed by atoms with Crippen molar-refractivity contribution < 1.29 is 4.39 Å². The Labute approximate surface area is 134 Å². The molecule has 0 bridgehead atoms. The highest BCUT2D eigenvalue weighted by atomic mass is 79.9. The Kier molecular flexibility index (Phi) is 5.17. The SMILES string of the molecule is CC(NCC(C)(C)c1ccccc1)c1ccc(Br)cc1F. The molecule has 0 saturated heterocycles. The molecule has 0 spiro atoms. The van der Waals surface area contributed by atoms with Gasteiger partial charge in [-0.1, -0.05) is 66.2 Å². The Morgan fingerprint density at radius 3 is 2.43 bits per heavy atom. The summed E-state index contributed by atoms with van der Waals surface area (Å²) in [5.41, 5.74) is 1.98. The fraction of sp³-hybridized carbons (Fsp3) is 0.333. The standard InChI is InChI=1S/C18H21BrFN/c1-13(16-10-9-15(19)11-17(16)20)21-12-18(2,3)14-7-5-4-6-8-14/h4-11,13,21H,12H2,1-3H3. The largest absolute Gasteiger partial charge is 0.309 e. The molecule has 0 aliphatic heterocycles. The lowest BCUT2D eigenvalue weighted by molar-refractivity contribution is 0.427. The lowest BCUT2D eigenvalue weighted by Crippen LogP contribution is -2.34. The highest BCUT2D eigenvalue weighted by molar-refractivity contribution is 9.10. The maximum atomic E-state index is 14.0. The second-order valence-electron chi connectivity index (χ2n) is 6.02. The first kappa shape index (κ1) is 16.2. The van der Waals surface area contributed by atoms with E-state index in [0.717, 1.165) is 11.0 Å². The molecule has 0 radical (unpaired) electrons. The van der Waals surface area contributed by atoms with E-state index in [0.29, 0.717) is 5.56 Å². The van der Waals surface area contributed by atoms with Crippen LogP contribution in [0.25, 0.3) is 0 Å². The van der Waals surface area contributed by atoms with E-state index in [1.165, 1.54) is 11.6 Å². The predicted molar refractivity (Wildman–Crippen MR) is 90.0 cm³/mol. The van der Waals surface area contributed by atoms with Gasteiger partial charge < -0.3 is 5.32 Å². The molecule has 1 atom stereocenters. The third-order valence-corrected chi connectivity index (χ3v) is 4.33. The summed E-state index contributed by atoms with van der Waals surface area (Å²) in [6, 6.07) is 15.6. The van der Waals surface area contributed by atoms with Crippen molar-refractivity contribution in [1.29, 1.82) is 0 Å². The smallest absolute Gasteiger partial charge is 0.129 e. The van der Waals surface area contributed by atoms with Gasteiger partial charge in [0.15, 0.2) is 0 Å². The van der Waals surface area contributed by atoms with Crippen molar-refractivity contribution >= 4 is 15.9 Å². The van der Waals surface area contributed by atoms with Crippen LogP contribution in [0.5, 0.6) is 0 Å². The Hall–Kier alpha value is -1.19. The van der Waals surface area contributed by atoms with E-state index in [1.54, 1.807) is 0 Å². The Morgan fingerprint density at radius 1 is 1.14 bits per heavy atom. The summed E-state index contributed by atoms with van der Waals surface area (Å²) < 4.78 is 14.7. The van der Waals surface area contributed by atoms with Gasteiger partial charge in [0.05, 0.1) is 0 Å². The zero-order valence-electron chi connectivity index (χ0n) is 12.7. The molecule has 0 aromatic heterocycles. The van der Waals surface area contributed by atoms with Crippen molar-refractivity contribution in [3.05, 3.63) is 69.9 Å². The topological polar surface area (TPSA) is 12.0 Å². The first-order valence-electron chi connectivity index (χ1n) is 7.14. The van der Waals surface area contributed by atoms with E-state index in [2.05, 4.69) is 59.4 Å². The Bertz CT molecular complexity index is 595. The lowest BCUT2D eigenvalue weighted by atomic mass is 9.84. The molecular formula is C18H21BrFN. The first-order chi connectivity index (χ1) is 9.90. The van der Waals surface area contributed by atoms with Gasteiger partial charge in [0.25, 0.3) is 0 Å². The molecule has 2 aromatic carbocycles. The summed E-state index contributed by atoms with van der Waals surface area (Å²) in [5.74, 6) is -0.179. The van der Waals surface area contributed by atoms with Crippen LogP contribution < -0.4 is 5.32 Å². The molecule has 1 nitrogen and oxygen atoms in total. The number of nitrogens with one attached hydrogen (secondary N) is 1. The van der Waals surface area contributed by atoms with Gasteiger partial charge in [-0.15, -0.1) is 0 Å². The van der Waals surface area contributed by atoms with Crippen LogP contribution in [0.4, 0.5) is 4.39 Å². The molecule has 0 fully saturated rings. The van der Waals surface area contributed by atoms with Gasteiger partial charge >= 0.3 is 0 Å². The maximum absolute atomic E-state index is 14.0. The summed E-state index contributed by atoms with van der Waals surface area (Å²) in [6.45, 7) is 7.17. The molecule has 3 heteroatoms. The zero-order valence-corrected chi connectivity index (χ0v) is 14.2. The minimum absolute atomic E-state index is 0.00135. The Balaban J connectivity index is 2.05. The average molecular weight is 350 g/mol. The number of benzene rings is 2. The van der Waals surface area contributed by atoms with Gasteiger partial charge in [0.2, 0.25) is 0 Å². The predicted octanol–water partition coefficient (Wildman–Crippen LogP) is 5.22. The zero-order chi connectivity index (χ0) is 15.5. The van der Waals surface area contributed by atoms with E-state index >= 15 is 0 Å². The van der Waals surface area contributed by atoms with E-state index < -0.39 is 0 Å². The highest BCUT2D eigenvalue weighted by Crippen LogP contribution is 2.25. The van der Waals surface area contributed by atoms with Crippen molar-refractivity contribution in [2.45, 2.75) is 32.2 Å². The third kappa shape index (κ3) is 4.14. The summed E-state index contributed by atoms with van der Waals surface area (Å²) in [7, 11) is 0. The van der Waals surface area contributed by atoms with Crippen LogP contribution in [0.3, 0.4) is 0 Å². The highest BCUT2D eigenvalue weighted by Gasteiger charge is 2.21.